The van der Waals surface area contributed by atoms with Gasteiger partial charge in [0.05, 0.1) is 27.5 Å². The van der Waals surface area contributed by atoms with Crippen molar-refractivity contribution in [1.29, 1.82) is 0 Å². The summed E-state index contributed by atoms with van der Waals surface area (Å²) in [7, 11) is 4.51. The van der Waals surface area contributed by atoms with E-state index in [9.17, 15) is 4.79 Å². The third kappa shape index (κ3) is 4.94. The van der Waals surface area contributed by atoms with Crippen LogP contribution in [0.5, 0.6) is 17.2 Å². The number of benzene rings is 2. The first kappa shape index (κ1) is 21.1. The lowest BCUT2D eigenvalue weighted by Gasteiger charge is -2.20. The SMILES string of the molecule is CCN(CC)c1ccc(/C=N\NC(=O)c2cc(OC)c(OC)c(OC)c2)cc1. The van der Waals surface area contributed by atoms with E-state index in [1.807, 2.05) is 24.3 Å². The van der Waals surface area contributed by atoms with Crippen LogP contribution in [-0.2, 0) is 0 Å². The summed E-state index contributed by atoms with van der Waals surface area (Å²) in [5.74, 6) is 0.861. The largest absolute Gasteiger partial charge is 0.493 e. The van der Waals surface area contributed by atoms with E-state index < -0.39 is 0 Å². The predicted octanol–water partition coefficient (Wildman–Crippen LogP) is 3.32. The molecule has 0 aliphatic heterocycles. The lowest BCUT2D eigenvalue weighted by Crippen LogP contribution is -2.21. The molecule has 0 bridgehead atoms. The maximum atomic E-state index is 12.4. The molecule has 0 saturated heterocycles. The lowest BCUT2D eigenvalue weighted by atomic mass is 10.1. The Kier molecular flexibility index (Phi) is 7.68. The number of ether oxygens (including phenoxy) is 3. The van der Waals surface area contributed by atoms with E-state index in [1.54, 1.807) is 18.3 Å². The van der Waals surface area contributed by atoms with Gasteiger partial charge >= 0.3 is 0 Å². The summed E-state index contributed by atoms with van der Waals surface area (Å²) < 4.78 is 15.8. The number of rotatable bonds is 9. The minimum absolute atomic E-state index is 0.350. The van der Waals surface area contributed by atoms with Gasteiger partial charge in [-0.1, -0.05) is 12.1 Å². The van der Waals surface area contributed by atoms with Crippen molar-refractivity contribution in [3.63, 3.8) is 0 Å². The van der Waals surface area contributed by atoms with Crippen molar-refractivity contribution in [1.82, 2.24) is 5.43 Å². The topological polar surface area (TPSA) is 72.4 Å². The van der Waals surface area contributed by atoms with E-state index in [1.165, 1.54) is 21.3 Å². The van der Waals surface area contributed by atoms with Gasteiger partial charge in [-0.25, -0.2) is 5.43 Å². The predicted molar refractivity (Wildman–Crippen MR) is 111 cm³/mol. The second-order valence-corrected chi connectivity index (χ2v) is 5.88. The van der Waals surface area contributed by atoms with E-state index in [4.69, 9.17) is 14.2 Å². The van der Waals surface area contributed by atoms with E-state index in [0.29, 0.717) is 22.8 Å². The quantitative estimate of drug-likeness (QED) is 0.530. The fourth-order valence-electron chi connectivity index (χ4n) is 2.80. The number of amides is 1. The number of carbonyl (C=O) groups excluding carboxylic acids is 1. The third-order valence-corrected chi connectivity index (χ3v) is 4.33. The van der Waals surface area contributed by atoms with E-state index >= 15 is 0 Å². The maximum absolute atomic E-state index is 12.4. The normalized spacial score (nSPS) is 10.6. The third-order valence-electron chi connectivity index (χ3n) is 4.33. The Morgan fingerprint density at radius 3 is 2.04 bits per heavy atom. The molecule has 2 rings (SSSR count). The van der Waals surface area contributed by atoms with Gasteiger partial charge in [0.15, 0.2) is 11.5 Å². The maximum Gasteiger partial charge on any atom is 0.271 e. The number of anilines is 1. The van der Waals surface area contributed by atoms with E-state index in [2.05, 4.69) is 29.3 Å². The molecule has 0 aliphatic rings. The Labute approximate surface area is 165 Å². The van der Waals surface area contributed by atoms with Gasteiger partial charge in [0.1, 0.15) is 0 Å². The number of carbonyl (C=O) groups is 1. The van der Waals surface area contributed by atoms with Crippen LogP contribution >= 0.6 is 0 Å². The molecular weight excluding hydrogens is 358 g/mol. The molecule has 0 radical (unpaired) electrons. The van der Waals surface area contributed by atoms with Gasteiger partial charge < -0.3 is 19.1 Å². The van der Waals surface area contributed by atoms with Gasteiger partial charge in [0.2, 0.25) is 5.75 Å². The molecule has 7 nitrogen and oxygen atoms in total. The minimum Gasteiger partial charge on any atom is -0.493 e. The summed E-state index contributed by atoms with van der Waals surface area (Å²) >= 11 is 0. The summed E-state index contributed by atoms with van der Waals surface area (Å²) in [5, 5.41) is 4.04. The molecule has 150 valence electrons. The van der Waals surface area contributed by atoms with Crippen molar-refractivity contribution in [3.05, 3.63) is 47.5 Å². The second kappa shape index (κ2) is 10.2. The molecule has 0 fully saturated rings. The number of hydrogen-bond acceptors (Lipinski definition) is 6. The van der Waals surface area contributed by atoms with Crippen molar-refractivity contribution >= 4 is 17.8 Å². The average molecular weight is 385 g/mol. The van der Waals surface area contributed by atoms with Crippen molar-refractivity contribution in [2.75, 3.05) is 39.3 Å². The summed E-state index contributed by atoms with van der Waals surface area (Å²) in [6.45, 7) is 6.15. The van der Waals surface area contributed by atoms with Crippen molar-refractivity contribution < 1.29 is 19.0 Å². The van der Waals surface area contributed by atoms with Gasteiger partial charge in [0.25, 0.3) is 5.91 Å². The highest BCUT2D eigenvalue weighted by Gasteiger charge is 2.16. The summed E-state index contributed by atoms with van der Waals surface area (Å²) in [5.41, 5.74) is 4.91. The fourth-order valence-corrected chi connectivity index (χ4v) is 2.80. The molecule has 0 aliphatic carbocycles. The van der Waals surface area contributed by atoms with E-state index in [-0.39, 0.29) is 5.91 Å². The highest BCUT2D eigenvalue weighted by Crippen LogP contribution is 2.38. The molecular formula is C21H27N3O4. The Hall–Kier alpha value is -3.22. The number of nitrogens with one attached hydrogen (secondary N) is 1. The lowest BCUT2D eigenvalue weighted by molar-refractivity contribution is 0.0954. The summed E-state index contributed by atoms with van der Waals surface area (Å²) in [6, 6.07) is 11.1. The zero-order valence-electron chi connectivity index (χ0n) is 17.0. The van der Waals surface area contributed by atoms with Crippen LogP contribution in [0.4, 0.5) is 5.69 Å². The molecule has 28 heavy (non-hydrogen) atoms. The van der Waals surface area contributed by atoms with E-state index in [0.717, 1.165) is 24.3 Å². The highest BCUT2D eigenvalue weighted by atomic mass is 16.5. The molecule has 2 aromatic rings. The molecule has 0 aromatic heterocycles. The first-order valence-electron chi connectivity index (χ1n) is 9.06. The number of methoxy groups -OCH3 is 3. The standard InChI is InChI=1S/C21H27N3O4/c1-6-24(7-2)17-10-8-15(9-11-17)14-22-23-21(25)16-12-18(26-3)20(28-5)19(13-16)27-4/h8-14H,6-7H2,1-5H3,(H,23,25)/b22-14-. The van der Waals surface area contributed by atoms with Gasteiger partial charge in [-0.05, 0) is 43.7 Å². The summed E-state index contributed by atoms with van der Waals surface area (Å²) in [6.07, 6.45) is 1.60. The summed E-state index contributed by atoms with van der Waals surface area (Å²) in [4.78, 5) is 14.7. The molecule has 7 heteroatoms. The van der Waals surface area contributed by atoms with Gasteiger partial charge in [0, 0.05) is 24.3 Å². The molecule has 0 heterocycles. The molecule has 1 N–H and O–H groups in total. The van der Waals surface area contributed by atoms with Crippen molar-refractivity contribution in [2.24, 2.45) is 5.10 Å². The smallest absolute Gasteiger partial charge is 0.271 e. The van der Waals surface area contributed by atoms with Gasteiger partial charge in [-0.15, -0.1) is 0 Å². The monoisotopic (exact) mass is 385 g/mol. The van der Waals surface area contributed by atoms with Crippen molar-refractivity contribution in [2.45, 2.75) is 13.8 Å². The van der Waals surface area contributed by atoms with Crippen LogP contribution in [-0.4, -0.2) is 46.5 Å². The van der Waals surface area contributed by atoms with Crippen molar-refractivity contribution in [3.8, 4) is 17.2 Å². The van der Waals surface area contributed by atoms with Gasteiger partial charge in [-0.2, -0.15) is 5.10 Å². The molecule has 0 atom stereocenters. The number of hydrogen-bond donors (Lipinski definition) is 1. The van der Waals surface area contributed by atoms with Crippen LogP contribution < -0.4 is 24.5 Å². The van der Waals surface area contributed by atoms with Crippen LogP contribution in [0.1, 0.15) is 29.8 Å². The zero-order valence-corrected chi connectivity index (χ0v) is 17.0. The highest BCUT2D eigenvalue weighted by molar-refractivity contribution is 5.96. The number of nitrogens with zero attached hydrogens (tertiary/aromatic N) is 2. The minimum atomic E-state index is -0.379. The van der Waals surface area contributed by atoms with Gasteiger partial charge in [-0.3, -0.25) is 4.79 Å². The molecule has 1 amide bonds. The molecule has 2 aromatic carbocycles. The van der Waals surface area contributed by atoms with Crippen LogP contribution in [0.3, 0.4) is 0 Å². The molecule has 0 saturated carbocycles. The fraction of sp³-hybridized carbons (Fsp3) is 0.333. The Morgan fingerprint density at radius 1 is 1.00 bits per heavy atom. The Bertz CT molecular complexity index is 790. The Morgan fingerprint density at radius 2 is 1.57 bits per heavy atom. The second-order valence-electron chi connectivity index (χ2n) is 5.88. The van der Waals surface area contributed by atoms with Crippen LogP contribution in [0.2, 0.25) is 0 Å². The zero-order chi connectivity index (χ0) is 20.5. The van der Waals surface area contributed by atoms with Crippen LogP contribution in [0.25, 0.3) is 0 Å². The number of hydrazone groups is 1. The first-order valence-corrected chi connectivity index (χ1v) is 9.06. The van der Waals surface area contributed by atoms with Crippen LogP contribution in [0.15, 0.2) is 41.5 Å². The first-order chi connectivity index (χ1) is 13.6. The average Bonchev–Trinajstić information content (AvgIpc) is 2.74. The Balaban J connectivity index is 2.09. The van der Waals surface area contributed by atoms with Crippen LogP contribution in [0, 0.1) is 0 Å². The molecule has 0 unspecified atom stereocenters. The molecule has 0 spiro atoms.